The van der Waals surface area contributed by atoms with E-state index >= 15 is 0 Å². The number of hydrogen-bond acceptors (Lipinski definition) is 3. The lowest BCUT2D eigenvalue weighted by Gasteiger charge is -2.17. The molecule has 0 amide bonds. The Bertz CT molecular complexity index is 890. The molecule has 0 aromatic heterocycles. The van der Waals surface area contributed by atoms with Crippen LogP contribution in [0, 0.1) is 0 Å². The maximum absolute atomic E-state index is 12.5. The van der Waals surface area contributed by atoms with Crippen LogP contribution in [0.3, 0.4) is 0 Å². The van der Waals surface area contributed by atoms with Crippen molar-refractivity contribution in [3.63, 3.8) is 0 Å². The molecule has 0 radical (unpaired) electrons. The van der Waals surface area contributed by atoms with Crippen molar-refractivity contribution in [2.45, 2.75) is 25.1 Å². The number of rotatable bonds is 7. The zero-order valence-corrected chi connectivity index (χ0v) is 16.2. The molecule has 0 fully saturated rings. The molecule has 0 saturated carbocycles. The summed E-state index contributed by atoms with van der Waals surface area (Å²) in [4.78, 5) is 0. The Hall–Kier alpha value is -2.70. The Balaban J connectivity index is 0.00000300. The fraction of sp³-hybridized carbons (Fsp3) is 0.182. The SMILES string of the molecule is Cl.N[C@@H](CCC(F)(F)F)c1ccc(Oc2ccccc2)c(Oc2ccccc2)c1. The summed E-state index contributed by atoms with van der Waals surface area (Å²) < 4.78 is 49.3. The van der Waals surface area contributed by atoms with Crippen LogP contribution in [0.5, 0.6) is 23.0 Å². The van der Waals surface area contributed by atoms with Gasteiger partial charge in [-0.05, 0) is 48.4 Å². The van der Waals surface area contributed by atoms with Gasteiger partial charge in [0.05, 0.1) is 0 Å². The number of nitrogens with two attached hydrogens (primary N) is 1. The summed E-state index contributed by atoms with van der Waals surface area (Å²) in [6, 6.07) is 22.4. The van der Waals surface area contributed by atoms with Crippen molar-refractivity contribution in [1.82, 2.24) is 0 Å². The Morgan fingerprint density at radius 1 is 0.759 bits per heavy atom. The van der Waals surface area contributed by atoms with Crippen LogP contribution in [-0.4, -0.2) is 6.18 Å². The highest BCUT2D eigenvalue weighted by molar-refractivity contribution is 5.85. The molecule has 0 heterocycles. The van der Waals surface area contributed by atoms with Crippen LogP contribution >= 0.6 is 12.4 Å². The number of ether oxygens (including phenoxy) is 2. The van der Waals surface area contributed by atoms with Crippen molar-refractivity contribution in [3.05, 3.63) is 84.4 Å². The number of halogens is 4. The summed E-state index contributed by atoms with van der Waals surface area (Å²) in [6.45, 7) is 0. The summed E-state index contributed by atoms with van der Waals surface area (Å²) in [5.41, 5.74) is 6.52. The van der Waals surface area contributed by atoms with Crippen LogP contribution in [0.15, 0.2) is 78.9 Å². The maximum atomic E-state index is 12.5. The first-order chi connectivity index (χ1) is 13.4. The van der Waals surface area contributed by atoms with E-state index in [1.807, 2.05) is 36.4 Å². The second-order valence-corrected chi connectivity index (χ2v) is 6.30. The molecule has 3 aromatic carbocycles. The first-order valence-corrected chi connectivity index (χ1v) is 8.83. The second-order valence-electron chi connectivity index (χ2n) is 6.30. The third-order valence-electron chi connectivity index (χ3n) is 4.08. The van der Waals surface area contributed by atoms with E-state index in [1.54, 1.807) is 42.5 Å². The van der Waals surface area contributed by atoms with Crippen LogP contribution in [-0.2, 0) is 0 Å². The van der Waals surface area contributed by atoms with E-state index in [0.717, 1.165) is 0 Å². The van der Waals surface area contributed by atoms with E-state index in [4.69, 9.17) is 15.2 Å². The van der Waals surface area contributed by atoms with Crippen molar-refractivity contribution in [2.75, 3.05) is 0 Å². The van der Waals surface area contributed by atoms with Crippen molar-refractivity contribution in [1.29, 1.82) is 0 Å². The molecule has 0 aliphatic heterocycles. The topological polar surface area (TPSA) is 44.5 Å². The van der Waals surface area contributed by atoms with Gasteiger partial charge in [0.15, 0.2) is 11.5 Å². The standard InChI is InChI=1S/C22H20F3NO2.ClH/c23-22(24,25)14-13-19(26)16-11-12-20(27-17-7-3-1-4-8-17)21(15-16)28-18-9-5-2-6-10-18;/h1-12,15,19H,13-14,26H2;1H/t19-;/m0./s1. The van der Waals surface area contributed by atoms with E-state index in [1.165, 1.54) is 0 Å². The van der Waals surface area contributed by atoms with Crippen LogP contribution in [0.1, 0.15) is 24.4 Å². The van der Waals surface area contributed by atoms with Gasteiger partial charge in [0.2, 0.25) is 0 Å². The lowest BCUT2D eigenvalue weighted by molar-refractivity contribution is -0.136. The van der Waals surface area contributed by atoms with E-state index in [2.05, 4.69) is 0 Å². The van der Waals surface area contributed by atoms with Gasteiger partial charge in [0.25, 0.3) is 0 Å². The summed E-state index contributed by atoms with van der Waals surface area (Å²) in [5.74, 6) is 2.03. The van der Waals surface area contributed by atoms with Gasteiger partial charge < -0.3 is 15.2 Å². The molecule has 0 aliphatic rings. The van der Waals surface area contributed by atoms with Crippen molar-refractivity contribution >= 4 is 12.4 Å². The average molecular weight is 424 g/mol. The number of hydrogen-bond donors (Lipinski definition) is 1. The molecule has 2 N–H and O–H groups in total. The third-order valence-corrected chi connectivity index (χ3v) is 4.08. The molecule has 0 saturated heterocycles. The minimum atomic E-state index is -4.24. The molecular weight excluding hydrogens is 403 g/mol. The molecule has 154 valence electrons. The van der Waals surface area contributed by atoms with Crippen molar-refractivity contribution in [2.24, 2.45) is 5.73 Å². The maximum Gasteiger partial charge on any atom is 0.389 e. The molecule has 1 atom stereocenters. The van der Waals surface area contributed by atoms with Crippen LogP contribution < -0.4 is 15.2 Å². The monoisotopic (exact) mass is 423 g/mol. The Morgan fingerprint density at radius 3 is 1.79 bits per heavy atom. The molecule has 3 rings (SSSR count). The van der Waals surface area contributed by atoms with Crippen molar-refractivity contribution < 1.29 is 22.6 Å². The molecule has 0 unspecified atom stereocenters. The molecule has 29 heavy (non-hydrogen) atoms. The third kappa shape index (κ3) is 7.00. The van der Waals surface area contributed by atoms with Crippen LogP contribution in [0.2, 0.25) is 0 Å². The lowest BCUT2D eigenvalue weighted by atomic mass is 10.0. The second kappa shape index (κ2) is 10.2. The highest BCUT2D eigenvalue weighted by atomic mass is 35.5. The smallest absolute Gasteiger partial charge is 0.389 e. The zero-order valence-electron chi connectivity index (χ0n) is 15.4. The molecule has 0 bridgehead atoms. The van der Waals surface area contributed by atoms with Gasteiger partial charge in [-0.15, -0.1) is 12.4 Å². The van der Waals surface area contributed by atoms with E-state index in [-0.39, 0.29) is 18.8 Å². The van der Waals surface area contributed by atoms with Gasteiger partial charge in [-0.25, -0.2) is 0 Å². The summed E-state index contributed by atoms with van der Waals surface area (Å²) in [5, 5.41) is 0. The molecular formula is C22H21ClF3NO2. The molecule has 0 spiro atoms. The Morgan fingerprint density at radius 2 is 1.28 bits per heavy atom. The number of alkyl halides is 3. The first-order valence-electron chi connectivity index (χ1n) is 8.83. The summed E-state index contributed by atoms with van der Waals surface area (Å²) in [6.07, 6.45) is -5.38. The van der Waals surface area contributed by atoms with E-state index in [9.17, 15) is 13.2 Å². The fourth-order valence-electron chi connectivity index (χ4n) is 2.64. The predicted molar refractivity (Wildman–Crippen MR) is 109 cm³/mol. The van der Waals surface area contributed by atoms with Gasteiger partial charge in [0.1, 0.15) is 11.5 Å². The Kier molecular flexibility index (Phi) is 7.93. The van der Waals surface area contributed by atoms with Crippen LogP contribution in [0.25, 0.3) is 0 Å². The zero-order chi connectivity index (χ0) is 20.0. The van der Waals surface area contributed by atoms with Gasteiger partial charge in [0, 0.05) is 12.5 Å². The fourth-order valence-corrected chi connectivity index (χ4v) is 2.64. The van der Waals surface area contributed by atoms with E-state index < -0.39 is 18.6 Å². The molecule has 0 aliphatic carbocycles. The predicted octanol–water partition coefficient (Wildman–Crippen LogP) is 7.04. The molecule has 3 aromatic rings. The number of benzene rings is 3. The first kappa shape index (κ1) is 22.6. The number of para-hydroxylation sites is 2. The van der Waals surface area contributed by atoms with Gasteiger partial charge in [-0.2, -0.15) is 13.2 Å². The lowest BCUT2D eigenvalue weighted by Crippen LogP contribution is -2.15. The van der Waals surface area contributed by atoms with Gasteiger partial charge in [-0.1, -0.05) is 42.5 Å². The highest BCUT2D eigenvalue weighted by Gasteiger charge is 2.28. The van der Waals surface area contributed by atoms with Crippen LogP contribution in [0.4, 0.5) is 13.2 Å². The summed E-state index contributed by atoms with van der Waals surface area (Å²) >= 11 is 0. The van der Waals surface area contributed by atoms with E-state index in [0.29, 0.717) is 28.6 Å². The van der Waals surface area contributed by atoms with Gasteiger partial charge >= 0.3 is 6.18 Å². The normalized spacial score (nSPS) is 12.0. The largest absolute Gasteiger partial charge is 0.453 e. The van der Waals surface area contributed by atoms with Gasteiger partial charge in [-0.3, -0.25) is 0 Å². The molecule has 3 nitrogen and oxygen atoms in total. The minimum Gasteiger partial charge on any atom is -0.453 e. The minimum absolute atomic E-state index is 0. The Labute approximate surface area is 173 Å². The highest BCUT2D eigenvalue weighted by Crippen LogP contribution is 2.37. The quantitative estimate of drug-likeness (QED) is 0.443. The summed E-state index contributed by atoms with van der Waals surface area (Å²) in [7, 11) is 0. The molecule has 7 heteroatoms. The average Bonchev–Trinajstić information content (AvgIpc) is 2.68. The van der Waals surface area contributed by atoms with Crippen molar-refractivity contribution in [3.8, 4) is 23.0 Å².